The molecule has 6 nitrogen and oxygen atoms in total. The summed E-state index contributed by atoms with van der Waals surface area (Å²) in [7, 11) is 1.84. The highest BCUT2D eigenvalue weighted by molar-refractivity contribution is 5.78. The van der Waals surface area contributed by atoms with Gasteiger partial charge in [0.2, 0.25) is 0 Å². The minimum Gasteiger partial charge on any atom is -0.370 e. The van der Waals surface area contributed by atoms with Crippen molar-refractivity contribution in [3.63, 3.8) is 0 Å². The van der Waals surface area contributed by atoms with Gasteiger partial charge in [0.15, 0.2) is 5.96 Å². The minimum atomic E-state index is 0.0737. The molecule has 106 valence electrons. The second-order valence-electron chi connectivity index (χ2n) is 5.34. The molecule has 0 aromatic rings. The fourth-order valence-electron chi connectivity index (χ4n) is 2.15. The van der Waals surface area contributed by atoms with Gasteiger partial charge < -0.3 is 16.8 Å². The van der Waals surface area contributed by atoms with Gasteiger partial charge in [0.05, 0.1) is 12.2 Å². The van der Waals surface area contributed by atoms with Crippen molar-refractivity contribution in [2.24, 2.45) is 22.4 Å². The monoisotopic (exact) mass is 256 g/mol. The first-order valence-corrected chi connectivity index (χ1v) is 6.80. The largest absolute Gasteiger partial charge is 0.370 e. The Bertz CT molecular complexity index is 257. The molecule has 18 heavy (non-hydrogen) atoms. The molecule has 1 aliphatic carbocycles. The van der Waals surface area contributed by atoms with E-state index >= 15 is 0 Å². The molecule has 1 rings (SSSR count). The summed E-state index contributed by atoms with van der Waals surface area (Å²) in [5, 5.41) is 3.20. The lowest BCUT2D eigenvalue weighted by molar-refractivity contribution is 0.342. The number of hydrogen-bond acceptors (Lipinski definition) is 4. The number of aliphatic imine (C=N–C) groups is 1. The van der Waals surface area contributed by atoms with Crippen molar-refractivity contribution in [2.75, 3.05) is 7.05 Å². The first-order valence-electron chi connectivity index (χ1n) is 6.80. The molecule has 6 heteroatoms. The summed E-state index contributed by atoms with van der Waals surface area (Å²) in [6.45, 7) is 4.24. The third-order valence-electron chi connectivity index (χ3n) is 3.33. The molecule has 1 fully saturated rings. The third-order valence-corrected chi connectivity index (χ3v) is 3.33. The maximum absolute atomic E-state index is 5.95. The van der Waals surface area contributed by atoms with Crippen LogP contribution in [0, 0.1) is 5.92 Å². The van der Waals surface area contributed by atoms with Crippen molar-refractivity contribution in [1.29, 1.82) is 0 Å². The van der Waals surface area contributed by atoms with Gasteiger partial charge in [-0.2, -0.15) is 0 Å². The molecule has 7 N–H and O–H groups in total. The average Bonchev–Trinajstić information content (AvgIpc) is 2.31. The highest BCUT2D eigenvalue weighted by Gasteiger charge is 2.19. The molecular weight excluding hydrogens is 228 g/mol. The van der Waals surface area contributed by atoms with Gasteiger partial charge in [0, 0.05) is 6.04 Å². The maximum Gasteiger partial charge on any atom is 0.190 e. The van der Waals surface area contributed by atoms with E-state index in [4.69, 9.17) is 11.5 Å². The molecule has 0 amide bonds. The Morgan fingerprint density at radius 2 is 1.83 bits per heavy atom. The van der Waals surface area contributed by atoms with Gasteiger partial charge in [-0.3, -0.25) is 10.4 Å². The number of hydrogen-bond donors (Lipinski definition) is 5. The maximum atomic E-state index is 5.95. The lowest BCUT2D eigenvalue weighted by atomic mass is 9.92. The Morgan fingerprint density at radius 1 is 1.22 bits per heavy atom. The van der Waals surface area contributed by atoms with Gasteiger partial charge >= 0.3 is 0 Å². The molecule has 0 bridgehead atoms. The van der Waals surface area contributed by atoms with E-state index in [1.807, 2.05) is 7.05 Å². The smallest absolute Gasteiger partial charge is 0.190 e. The van der Waals surface area contributed by atoms with Crippen LogP contribution in [0.15, 0.2) is 4.99 Å². The van der Waals surface area contributed by atoms with E-state index in [9.17, 15) is 0 Å². The molecule has 0 radical (unpaired) electrons. The number of hydrazine groups is 1. The molecule has 0 heterocycles. The zero-order valence-electron chi connectivity index (χ0n) is 11.7. The Kier molecular flexibility index (Phi) is 6.38. The molecule has 0 aliphatic heterocycles. The van der Waals surface area contributed by atoms with E-state index in [1.54, 1.807) is 0 Å². The van der Waals surface area contributed by atoms with Crippen molar-refractivity contribution in [2.45, 2.75) is 57.8 Å². The minimum absolute atomic E-state index is 0.0737. The van der Waals surface area contributed by atoms with Gasteiger partial charge in [-0.05, 0) is 38.6 Å². The Labute approximate surface area is 110 Å². The number of nitrogens with two attached hydrogens (primary N) is 2. The van der Waals surface area contributed by atoms with E-state index in [-0.39, 0.29) is 6.17 Å². The van der Waals surface area contributed by atoms with Crippen molar-refractivity contribution in [1.82, 2.24) is 16.2 Å². The van der Waals surface area contributed by atoms with E-state index in [0.717, 1.165) is 25.7 Å². The van der Waals surface area contributed by atoms with Crippen LogP contribution in [0.4, 0.5) is 0 Å². The Balaban J connectivity index is 2.44. The molecular formula is C12H28N6. The fourth-order valence-corrected chi connectivity index (χ4v) is 2.15. The summed E-state index contributed by atoms with van der Waals surface area (Å²) in [5.41, 5.74) is 17.9. The van der Waals surface area contributed by atoms with E-state index in [1.165, 1.54) is 0 Å². The van der Waals surface area contributed by atoms with Crippen LogP contribution in [0.5, 0.6) is 0 Å². The van der Waals surface area contributed by atoms with Gasteiger partial charge in [0.1, 0.15) is 0 Å². The summed E-state index contributed by atoms with van der Waals surface area (Å²) in [4.78, 5) is 4.53. The zero-order valence-corrected chi connectivity index (χ0v) is 11.7. The number of guanidine groups is 1. The quantitative estimate of drug-likeness (QED) is 0.204. The van der Waals surface area contributed by atoms with E-state index in [0.29, 0.717) is 24.0 Å². The van der Waals surface area contributed by atoms with Crippen molar-refractivity contribution in [3.8, 4) is 0 Å². The average molecular weight is 256 g/mol. The summed E-state index contributed by atoms with van der Waals surface area (Å²) >= 11 is 0. The topological polar surface area (TPSA) is 100 Å². The van der Waals surface area contributed by atoms with Crippen LogP contribution in [0.25, 0.3) is 0 Å². The van der Waals surface area contributed by atoms with Crippen LogP contribution in [0.1, 0.15) is 39.5 Å². The molecule has 1 saturated carbocycles. The van der Waals surface area contributed by atoms with E-state index < -0.39 is 0 Å². The van der Waals surface area contributed by atoms with Crippen molar-refractivity contribution < 1.29 is 0 Å². The molecule has 1 aliphatic rings. The van der Waals surface area contributed by atoms with Gasteiger partial charge in [0.25, 0.3) is 0 Å². The predicted octanol–water partition coefficient (Wildman–Crippen LogP) is -0.133. The van der Waals surface area contributed by atoms with Crippen molar-refractivity contribution in [3.05, 3.63) is 0 Å². The highest BCUT2D eigenvalue weighted by Crippen LogP contribution is 2.19. The van der Waals surface area contributed by atoms with Gasteiger partial charge in [-0.15, -0.1) is 0 Å². The molecule has 1 atom stereocenters. The van der Waals surface area contributed by atoms with Crippen LogP contribution in [0.3, 0.4) is 0 Å². The molecule has 0 aromatic heterocycles. The lowest BCUT2D eigenvalue weighted by Gasteiger charge is -2.26. The van der Waals surface area contributed by atoms with Crippen LogP contribution < -0.4 is 27.6 Å². The lowest BCUT2D eigenvalue weighted by Crippen LogP contribution is -2.55. The highest BCUT2D eigenvalue weighted by atomic mass is 15.4. The zero-order chi connectivity index (χ0) is 13.5. The molecule has 0 aromatic carbocycles. The SMILES string of the molecule is CNNC(NC(N)=NC1CCC(N)CC1)C(C)C. The van der Waals surface area contributed by atoms with Gasteiger partial charge in [-0.25, -0.2) is 5.43 Å². The summed E-state index contributed by atoms with van der Waals surface area (Å²) in [5.74, 6) is 0.919. The first kappa shape index (κ1) is 15.2. The summed E-state index contributed by atoms with van der Waals surface area (Å²) in [6.07, 6.45) is 4.24. The molecule has 0 spiro atoms. The third kappa shape index (κ3) is 5.20. The molecule has 1 unspecified atom stereocenters. The Hall–Kier alpha value is -0.850. The normalized spacial score (nSPS) is 27.3. The second-order valence-corrected chi connectivity index (χ2v) is 5.34. The predicted molar refractivity (Wildman–Crippen MR) is 75.8 cm³/mol. The van der Waals surface area contributed by atoms with Gasteiger partial charge in [-0.1, -0.05) is 13.8 Å². The summed E-state index contributed by atoms with van der Waals surface area (Å²) in [6, 6.07) is 0.666. The fraction of sp³-hybridized carbons (Fsp3) is 0.917. The number of nitrogens with one attached hydrogen (secondary N) is 3. The molecule has 0 saturated heterocycles. The number of rotatable bonds is 5. The standard InChI is InChI=1S/C12H28N6/c1-8(2)11(18-15-3)17-12(14)16-10-6-4-9(13)5-7-10/h8-11,15,18H,4-7,13H2,1-3H3,(H3,14,16,17). The van der Waals surface area contributed by atoms with Crippen LogP contribution in [-0.2, 0) is 0 Å². The van der Waals surface area contributed by atoms with E-state index in [2.05, 4.69) is 35.0 Å². The van der Waals surface area contributed by atoms with Crippen molar-refractivity contribution >= 4 is 5.96 Å². The second kappa shape index (κ2) is 7.56. The first-order chi connectivity index (χ1) is 8.52. The number of nitrogens with zero attached hydrogens (tertiary/aromatic N) is 1. The van der Waals surface area contributed by atoms with Crippen LogP contribution in [-0.4, -0.2) is 31.3 Å². The summed E-state index contributed by atoms with van der Waals surface area (Å²) < 4.78 is 0. The van der Waals surface area contributed by atoms with Crippen LogP contribution >= 0.6 is 0 Å². The Morgan fingerprint density at radius 3 is 2.33 bits per heavy atom. The van der Waals surface area contributed by atoms with Crippen LogP contribution in [0.2, 0.25) is 0 Å².